The van der Waals surface area contributed by atoms with Crippen LogP contribution >= 0.6 is 11.6 Å². The van der Waals surface area contributed by atoms with Gasteiger partial charge in [-0.05, 0) is 33.2 Å². The summed E-state index contributed by atoms with van der Waals surface area (Å²) in [6.07, 6.45) is 0. The van der Waals surface area contributed by atoms with Gasteiger partial charge in [-0.3, -0.25) is 0 Å². The number of benzene rings is 1. The molecule has 0 saturated heterocycles. The lowest BCUT2D eigenvalue weighted by Gasteiger charge is -2.29. The molecule has 0 spiro atoms. The monoisotopic (exact) mass is 230 g/mol. The zero-order chi connectivity index (χ0) is 11.6. The van der Waals surface area contributed by atoms with Crippen LogP contribution in [0.15, 0.2) is 18.2 Å². The van der Waals surface area contributed by atoms with Gasteiger partial charge >= 0.3 is 0 Å². The molecule has 15 heavy (non-hydrogen) atoms. The minimum atomic E-state index is -0.307. The van der Waals surface area contributed by atoms with Crippen LogP contribution in [-0.4, -0.2) is 25.0 Å². The Labute approximate surface area is 94.8 Å². The lowest BCUT2D eigenvalue weighted by atomic mass is 9.99. The van der Waals surface area contributed by atoms with Crippen LogP contribution in [0.4, 0.5) is 4.39 Å². The van der Waals surface area contributed by atoms with Gasteiger partial charge in [0.25, 0.3) is 0 Å². The summed E-state index contributed by atoms with van der Waals surface area (Å²) in [6, 6.07) is 4.28. The van der Waals surface area contributed by atoms with Crippen LogP contribution in [0.25, 0.3) is 0 Å². The van der Waals surface area contributed by atoms with E-state index in [9.17, 15) is 4.39 Å². The molecule has 0 fully saturated rings. The molecule has 0 amide bonds. The second-order valence-corrected chi connectivity index (χ2v) is 4.31. The third-order valence-corrected chi connectivity index (χ3v) is 2.68. The highest BCUT2D eigenvalue weighted by Gasteiger charge is 2.24. The van der Waals surface area contributed by atoms with E-state index < -0.39 is 0 Å². The summed E-state index contributed by atoms with van der Waals surface area (Å²) in [5.41, 5.74) is 6.31. The molecular weight excluding hydrogens is 215 g/mol. The Balaban J connectivity index is 3.22. The lowest BCUT2D eigenvalue weighted by Crippen LogP contribution is -2.35. The van der Waals surface area contributed by atoms with Crippen molar-refractivity contribution in [2.75, 3.05) is 14.1 Å². The molecule has 1 aromatic carbocycles. The van der Waals surface area contributed by atoms with Crippen LogP contribution in [-0.2, 0) is 0 Å². The average Bonchev–Trinajstić information content (AvgIpc) is 2.09. The molecule has 1 rings (SSSR count). The van der Waals surface area contributed by atoms with Gasteiger partial charge < -0.3 is 10.6 Å². The van der Waals surface area contributed by atoms with Crippen molar-refractivity contribution in [2.45, 2.75) is 19.0 Å². The highest BCUT2D eigenvalue weighted by atomic mass is 35.5. The maximum absolute atomic E-state index is 13.7. The standard InChI is InChI=1S/C11H16ClFN2/c1-7(14)11(15(2)3)10-8(12)5-4-6-9(10)13/h4-7,11H,14H2,1-3H3. The zero-order valence-electron chi connectivity index (χ0n) is 9.17. The largest absolute Gasteiger partial charge is 0.326 e. The summed E-state index contributed by atoms with van der Waals surface area (Å²) in [5.74, 6) is -0.307. The summed E-state index contributed by atoms with van der Waals surface area (Å²) in [5, 5.41) is 0.422. The topological polar surface area (TPSA) is 29.3 Å². The molecule has 0 aromatic heterocycles. The molecule has 0 radical (unpaired) electrons. The lowest BCUT2D eigenvalue weighted by molar-refractivity contribution is 0.259. The summed E-state index contributed by atoms with van der Waals surface area (Å²) in [4.78, 5) is 1.87. The van der Waals surface area contributed by atoms with Gasteiger partial charge in [-0.25, -0.2) is 4.39 Å². The molecule has 0 bridgehead atoms. The second kappa shape index (κ2) is 4.92. The third-order valence-electron chi connectivity index (χ3n) is 2.35. The van der Waals surface area contributed by atoms with Crippen LogP contribution in [0.1, 0.15) is 18.5 Å². The van der Waals surface area contributed by atoms with Crippen molar-refractivity contribution in [3.8, 4) is 0 Å². The number of nitrogens with zero attached hydrogens (tertiary/aromatic N) is 1. The predicted octanol–water partition coefficient (Wildman–Crippen LogP) is 2.43. The molecule has 2 unspecified atom stereocenters. The minimum Gasteiger partial charge on any atom is -0.326 e. The van der Waals surface area contributed by atoms with E-state index in [0.717, 1.165) is 0 Å². The van der Waals surface area contributed by atoms with Gasteiger partial charge in [0, 0.05) is 16.6 Å². The molecule has 1 aromatic rings. The smallest absolute Gasteiger partial charge is 0.129 e. The Morgan fingerprint density at radius 1 is 1.40 bits per heavy atom. The van der Waals surface area contributed by atoms with E-state index in [1.807, 2.05) is 25.9 Å². The van der Waals surface area contributed by atoms with Gasteiger partial charge in [0.15, 0.2) is 0 Å². The van der Waals surface area contributed by atoms with E-state index in [-0.39, 0.29) is 17.9 Å². The van der Waals surface area contributed by atoms with Crippen molar-refractivity contribution < 1.29 is 4.39 Å². The Hall–Kier alpha value is -0.640. The van der Waals surface area contributed by atoms with E-state index in [1.54, 1.807) is 12.1 Å². The number of hydrogen-bond donors (Lipinski definition) is 1. The Morgan fingerprint density at radius 2 is 2.00 bits per heavy atom. The fourth-order valence-corrected chi connectivity index (χ4v) is 2.06. The van der Waals surface area contributed by atoms with Crippen LogP contribution in [0.3, 0.4) is 0 Å². The number of rotatable bonds is 3. The van der Waals surface area contributed by atoms with Gasteiger partial charge in [-0.15, -0.1) is 0 Å². The van der Waals surface area contributed by atoms with E-state index in [2.05, 4.69) is 0 Å². The van der Waals surface area contributed by atoms with Crippen molar-refractivity contribution in [3.63, 3.8) is 0 Å². The fourth-order valence-electron chi connectivity index (χ4n) is 1.78. The Kier molecular flexibility index (Phi) is 4.08. The van der Waals surface area contributed by atoms with Crippen molar-refractivity contribution in [2.24, 2.45) is 5.73 Å². The van der Waals surface area contributed by atoms with Crippen molar-refractivity contribution >= 4 is 11.6 Å². The molecule has 0 aliphatic rings. The number of halogens is 2. The summed E-state index contributed by atoms with van der Waals surface area (Å²) in [7, 11) is 3.72. The molecule has 2 N–H and O–H groups in total. The van der Waals surface area contributed by atoms with Crippen LogP contribution in [0.5, 0.6) is 0 Å². The molecule has 0 aliphatic carbocycles. The molecule has 2 atom stereocenters. The normalized spacial score (nSPS) is 15.4. The second-order valence-electron chi connectivity index (χ2n) is 3.90. The quantitative estimate of drug-likeness (QED) is 0.864. The molecular formula is C11H16ClFN2. The van der Waals surface area contributed by atoms with Crippen LogP contribution in [0.2, 0.25) is 5.02 Å². The van der Waals surface area contributed by atoms with Crippen molar-refractivity contribution in [1.82, 2.24) is 4.90 Å². The number of nitrogens with two attached hydrogens (primary N) is 1. The van der Waals surface area contributed by atoms with E-state index in [0.29, 0.717) is 10.6 Å². The maximum atomic E-state index is 13.7. The highest BCUT2D eigenvalue weighted by molar-refractivity contribution is 6.31. The van der Waals surface area contributed by atoms with E-state index in [1.165, 1.54) is 6.07 Å². The first-order chi connectivity index (χ1) is 6.95. The Bertz CT molecular complexity index is 311. The predicted molar refractivity (Wildman–Crippen MR) is 61.5 cm³/mol. The van der Waals surface area contributed by atoms with Crippen molar-refractivity contribution in [1.29, 1.82) is 0 Å². The third kappa shape index (κ3) is 2.68. The van der Waals surface area contributed by atoms with E-state index >= 15 is 0 Å². The summed E-state index contributed by atoms with van der Waals surface area (Å²) >= 11 is 5.99. The number of hydrogen-bond acceptors (Lipinski definition) is 2. The van der Waals surface area contributed by atoms with Crippen LogP contribution < -0.4 is 5.73 Å². The molecule has 0 heterocycles. The average molecular weight is 231 g/mol. The maximum Gasteiger partial charge on any atom is 0.129 e. The SMILES string of the molecule is CC(N)C(c1c(F)cccc1Cl)N(C)C. The van der Waals surface area contributed by atoms with E-state index in [4.69, 9.17) is 17.3 Å². The summed E-state index contributed by atoms with van der Waals surface area (Å²) < 4.78 is 13.7. The van der Waals surface area contributed by atoms with Crippen molar-refractivity contribution in [3.05, 3.63) is 34.6 Å². The van der Waals surface area contributed by atoms with Gasteiger partial charge in [-0.1, -0.05) is 17.7 Å². The van der Waals surface area contributed by atoms with Gasteiger partial charge in [0.2, 0.25) is 0 Å². The molecule has 2 nitrogen and oxygen atoms in total. The molecule has 4 heteroatoms. The zero-order valence-corrected chi connectivity index (χ0v) is 9.92. The minimum absolute atomic E-state index is 0.186. The molecule has 0 saturated carbocycles. The summed E-state index contributed by atoms with van der Waals surface area (Å²) in [6.45, 7) is 1.84. The number of likely N-dealkylation sites (N-methyl/N-ethyl adjacent to an activating group) is 1. The molecule has 84 valence electrons. The highest BCUT2D eigenvalue weighted by Crippen LogP contribution is 2.30. The van der Waals surface area contributed by atoms with Gasteiger partial charge in [-0.2, -0.15) is 0 Å². The Morgan fingerprint density at radius 3 is 2.40 bits per heavy atom. The first-order valence-corrected chi connectivity index (χ1v) is 5.19. The first-order valence-electron chi connectivity index (χ1n) is 4.81. The van der Waals surface area contributed by atoms with Gasteiger partial charge in [0.05, 0.1) is 6.04 Å². The van der Waals surface area contributed by atoms with Crippen LogP contribution in [0, 0.1) is 5.82 Å². The first kappa shape index (κ1) is 12.4. The molecule has 0 aliphatic heterocycles. The fraction of sp³-hybridized carbons (Fsp3) is 0.455. The van der Waals surface area contributed by atoms with Gasteiger partial charge in [0.1, 0.15) is 5.82 Å².